The molecule has 0 atom stereocenters. The number of benzene rings is 1. The minimum Gasteiger partial charge on any atom is -0.466 e. The number of alkyl halides is 2. The van der Waals surface area contributed by atoms with Crippen molar-refractivity contribution in [3.05, 3.63) is 44.4 Å². The first-order chi connectivity index (χ1) is 12.7. The number of methoxy groups -OCH3 is 1. The molecule has 1 amide bonds. The van der Waals surface area contributed by atoms with Crippen LogP contribution >= 0.6 is 35.0 Å². The van der Waals surface area contributed by atoms with E-state index in [0.717, 1.165) is 51.2 Å². The average Bonchev–Trinajstić information content (AvgIpc) is 2.95. The summed E-state index contributed by atoms with van der Waals surface area (Å²) in [6.45, 7) is 7.88. The van der Waals surface area contributed by atoms with Crippen molar-refractivity contribution in [1.82, 2.24) is 5.32 Å². The van der Waals surface area contributed by atoms with Crippen LogP contribution in [0.4, 0.5) is 0 Å². The highest BCUT2D eigenvalue weighted by Crippen LogP contribution is 2.35. The zero-order valence-electron chi connectivity index (χ0n) is 15.5. The van der Waals surface area contributed by atoms with Gasteiger partial charge >= 0.3 is 5.97 Å². The lowest BCUT2D eigenvalue weighted by Gasteiger charge is -2.19. The van der Waals surface area contributed by atoms with E-state index in [1.165, 1.54) is 7.11 Å². The second-order valence-corrected chi connectivity index (χ2v) is 7.99. The third-order valence-electron chi connectivity index (χ3n) is 4.40. The van der Waals surface area contributed by atoms with Crippen molar-refractivity contribution in [2.75, 3.05) is 7.11 Å². The summed E-state index contributed by atoms with van der Waals surface area (Å²) in [5.74, 6) is -1.02. The summed E-state index contributed by atoms with van der Waals surface area (Å²) in [4.78, 5) is 22.7. The highest BCUT2D eigenvalue weighted by molar-refractivity contribution is 8.18. The van der Waals surface area contributed by atoms with Crippen molar-refractivity contribution in [2.45, 2.75) is 32.5 Å². The highest BCUT2D eigenvalue weighted by atomic mass is 35.5. The molecule has 1 N–H and O–H groups in total. The van der Waals surface area contributed by atoms with E-state index in [4.69, 9.17) is 23.2 Å². The Morgan fingerprint density at radius 3 is 2.26 bits per heavy atom. The molecule has 1 aliphatic rings. The minimum atomic E-state index is -0.605. The van der Waals surface area contributed by atoms with Crippen LogP contribution in [-0.2, 0) is 14.3 Å². The summed E-state index contributed by atoms with van der Waals surface area (Å²) in [5, 5.41) is 10.9. The van der Waals surface area contributed by atoms with Crippen LogP contribution in [0.25, 0.3) is 0 Å². The van der Waals surface area contributed by atoms with Gasteiger partial charge in [0.1, 0.15) is 4.84 Å². The lowest BCUT2D eigenvalue weighted by Crippen LogP contribution is -2.19. The van der Waals surface area contributed by atoms with Crippen LogP contribution in [0.3, 0.4) is 0 Å². The third kappa shape index (κ3) is 4.72. The van der Waals surface area contributed by atoms with Crippen molar-refractivity contribution < 1.29 is 14.3 Å². The molecule has 0 bridgehead atoms. The monoisotopic (exact) mass is 427 g/mol. The number of rotatable bonds is 4. The van der Waals surface area contributed by atoms with Crippen LogP contribution in [0.5, 0.6) is 0 Å². The van der Waals surface area contributed by atoms with E-state index in [1.807, 2.05) is 27.7 Å². The standard InChI is InChI=1S/C18H19Cl2N3O3S/c1-8-10(3)15(16(19)20)11(4)9(2)12(8)7-21-23-18-22-17(25)13(27-18)6-14(24)26-5/h6-7,16H,1-5H3,(H,22,23,25)/b13-6+,21-7?. The van der Waals surface area contributed by atoms with Crippen molar-refractivity contribution in [2.24, 2.45) is 10.2 Å². The molecule has 0 spiro atoms. The summed E-state index contributed by atoms with van der Waals surface area (Å²) >= 11 is 13.2. The molecule has 9 heteroatoms. The van der Waals surface area contributed by atoms with E-state index in [-0.39, 0.29) is 10.1 Å². The summed E-state index contributed by atoms with van der Waals surface area (Å²) in [7, 11) is 1.24. The Balaban J connectivity index is 2.30. The van der Waals surface area contributed by atoms with Crippen molar-refractivity contribution in [3.8, 4) is 0 Å². The van der Waals surface area contributed by atoms with Crippen molar-refractivity contribution >= 4 is 58.2 Å². The van der Waals surface area contributed by atoms with Gasteiger partial charge in [0.2, 0.25) is 0 Å². The Kier molecular flexibility index (Phi) is 7.08. The number of carbonyl (C=O) groups excluding carboxylic acids is 2. The van der Waals surface area contributed by atoms with Gasteiger partial charge in [-0.15, -0.1) is 28.3 Å². The number of esters is 1. The number of amides is 1. The van der Waals surface area contributed by atoms with Gasteiger partial charge in [-0.1, -0.05) is 0 Å². The van der Waals surface area contributed by atoms with Gasteiger partial charge in [-0.2, -0.15) is 5.10 Å². The zero-order chi connectivity index (χ0) is 20.3. The molecule has 0 saturated carbocycles. The van der Waals surface area contributed by atoms with E-state index in [2.05, 4.69) is 20.3 Å². The number of ether oxygens (including phenoxy) is 1. The fraction of sp³-hybridized carbons (Fsp3) is 0.333. The van der Waals surface area contributed by atoms with Gasteiger partial charge in [0.05, 0.1) is 18.2 Å². The van der Waals surface area contributed by atoms with Crippen LogP contribution in [0, 0.1) is 27.7 Å². The summed E-state index contributed by atoms with van der Waals surface area (Å²) in [6, 6.07) is 0. The largest absolute Gasteiger partial charge is 0.466 e. The fourth-order valence-electron chi connectivity index (χ4n) is 2.67. The molecule has 0 radical (unpaired) electrons. The average molecular weight is 428 g/mol. The predicted octanol–water partition coefficient (Wildman–Crippen LogP) is 4.01. The molecule has 1 aromatic rings. The third-order valence-corrected chi connectivity index (χ3v) is 5.73. The molecule has 0 unspecified atom stereocenters. The summed E-state index contributed by atoms with van der Waals surface area (Å²) in [6.07, 6.45) is 2.74. The number of nitrogens with zero attached hydrogens (tertiary/aromatic N) is 2. The summed E-state index contributed by atoms with van der Waals surface area (Å²) < 4.78 is 4.51. The van der Waals surface area contributed by atoms with Gasteiger partial charge in [-0.3, -0.25) is 10.1 Å². The fourth-order valence-corrected chi connectivity index (χ4v) is 4.07. The SMILES string of the molecule is COC(=O)/C=C1/S/C(=N\N=Cc2c(C)c(C)c(C(Cl)Cl)c(C)c2C)NC1=O. The number of hydrogen-bond acceptors (Lipinski definition) is 6. The van der Waals surface area contributed by atoms with Crippen molar-refractivity contribution in [3.63, 3.8) is 0 Å². The molecule has 1 saturated heterocycles. The Morgan fingerprint density at radius 1 is 1.15 bits per heavy atom. The second-order valence-electron chi connectivity index (χ2n) is 5.87. The van der Waals surface area contributed by atoms with Crippen LogP contribution in [0.1, 0.15) is 38.2 Å². The maximum Gasteiger partial charge on any atom is 0.331 e. The maximum absolute atomic E-state index is 11.8. The summed E-state index contributed by atoms with van der Waals surface area (Å²) in [5.41, 5.74) is 5.87. The molecular weight excluding hydrogens is 409 g/mol. The Hall–Kier alpha value is -1.83. The first kappa shape index (κ1) is 21.5. The van der Waals surface area contributed by atoms with Crippen LogP contribution in [0.2, 0.25) is 0 Å². The van der Waals surface area contributed by atoms with Gasteiger partial charge in [0.15, 0.2) is 5.17 Å². The normalized spacial score (nSPS) is 17.4. The quantitative estimate of drug-likeness (QED) is 0.258. The first-order valence-corrected chi connectivity index (χ1v) is 9.64. The van der Waals surface area contributed by atoms with Crippen molar-refractivity contribution in [1.29, 1.82) is 0 Å². The van der Waals surface area contributed by atoms with Gasteiger partial charge in [0.25, 0.3) is 5.91 Å². The number of hydrogen-bond donors (Lipinski definition) is 1. The van der Waals surface area contributed by atoms with Gasteiger partial charge in [-0.05, 0) is 67.3 Å². The van der Waals surface area contributed by atoms with E-state index >= 15 is 0 Å². The minimum absolute atomic E-state index is 0.203. The van der Waals surface area contributed by atoms with Crippen LogP contribution in [0.15, 0.2) is 21.2 Å². The Labute approximate surface area is 172 Å². The molecule has 1 aromatic carbocycles. The smallest absolute Gasteiger partial charge is 0.331 e. The highest BCUT2D eigenvalue weighted by Gasteiger charge is 2.25. The molecule has 6 nitrogen and oxygen atoms in total. The topological polar surface area (TPSA) is 80.1 Å². The zero-order valence-corrected chi connectivity index (χ0v) is 17.8. The van der Waals surface area contributed by atoms with E-state index in [0.29, 0.717) is 0 Å². The second kappa shape index (κ2) is 8.91. The number of carbonyl (C=O) groups is 2. The maximum atomic E-state index is 11.8. The molecule has 2 rings (SSSR count). The molecule has 0 aromatic heterocycles. The van der Waals surface area contributed by atoms with Gasteiger partial charge < -0.3 is 4.74 Å². The number of thioether (sulfide) groups is 1. The van der Waals surface area contributed by atoms with Gasteiger partial charge in [0, 0.05) is 11.6 Å². The van der Waals surface area contributed by atoms with E-state index in [1.54, 1.807) is 6.21 Å². The molecule has 1 fully saturated rings. The number of amidine groups is 1. The molecule has 1 aliphatic heterocycles. The van der Waals surface area contributed by atoms with Crippen LogP contribution < -0.4 is 5.32 Å². The van der Waals surface area contributed by atoms with E-state index in [9.17, 15) is 9.59 Å². The Bertz CT molecular complexity index is 863. The lowest BCUT2D eigenvalue weighted by atomic mass is 9.90. The predicted molar refractivity (Wildman–Crippen MR) is 111 cm³/mol. The Morgan fingerprint density at radius 2 is 1.74 bits per heavy atom. The number of halogens is 2. The molecule has 1 heterocycles. The lowest BCUT2D eigenvalue weighted by molar-refractivity contribution is -0.135. The van der Waals surface area contributed by atoms with E-state index < -0.39 is 16.7 Å². The molecule has 144 valence electrons. The van der Waals surface area contributed by atoms with Crippen LogP contribution in [-0.4, -0.2) is 30.4 Å². The molecule has 0 aliphatic carbocycles. The first-order valence-electron chi connectivity index (χ1n) is 7.95. The number of nitrogens with one attached hydrogen (secondary N) is 1. The molecular formula is C18H19Cl2N3O3S. The molecule has 27 heavy (non-hydrogen) atoms. The van der Waals surface area contributed by atoms with Gasteiger partial charge in [-0.25, -0.2) is 4.79 Å².